The zero-order valence-corrected chi connectivity index (χ0v) is 12.2. The van der Waals surface area contributed by atoms with Gasteiger partial charge in [0.15, 0.2) is 0 Å². The molecule has 0 amide bonds. The molecule has 1 unspecified atom stereocenters. The van der Waals surface area contributed by atoms with Crippen LogP contribution in [0.1, 0.15) is 20.3 Å². The normalized spacial score (nSPS) is 15.8. The van der Waals surface area contributed by atoms with Crippen LogP contribution in [0.4, 0.5) is 11.4 Å². The van der Waals surface area contributed by atoms with Gasteiger partial charge in [0.1, 0.15) is 6.04 Å². The van der Waals surface area contributed by atoms with E-state index in [1.165, 1.54) is 4.90 Å². The topological polar surface area (TPSA) is 55.6 Å². The van der Waals surface area contributed by atoms with Crippen LogP contribution < -0.4 is 10.6 Å². The molecule has 19 heavy (non-hydrogen) atoms. The Morgan fingerprint density at radius 2 is 2.32 bits per heavy atom. The second-order valence-electron chi connectivity index (χ2n) is 4.45. The quantitative estimate of drug-likeness (QED) is 0.678. The molecule has 1 aliphatic rings. The van der Waals surface area contributed by atoms with Crippen molar-refractivity contribution in [2.75, 3.05) is 29.5 Å². The number of benzene rings is 1. The number of anilines is 2. The molecule has 0 aliphatic carbocycles. The van der Waals surface area contributed by atoms with E-state index in [0.29, 0.717) is 6.61 Å². The third-order valence-corrected chi connectivity index (χ3v) is 4.25. The minimum absolute atomic E-state index is 0.148. The number of thioether (sulfide) groups is 1. The zero-order chi connectivity index (χ0) is 13.8. The van der Waals surface area contributed by atoms with Crippen molar-refractivity contribution in [1.82, 2.24) is 0 Å². The summed E-state index contributed by atoms with van der Waals surface area (Å²) >= 11 is 1.80. The highest BCUT2D eigenvalue weighted by Gasteiger charge is 2.29. The number of hydrogen-bond donors (Lipinski definition) is 1. The summed E-state index contributed by atoms with van der Waals surface area (Å²) in [6.07, 6.45) is 0.734. The Morgan fingerprint density at radius 3 is 3.00 bits per heavy atom. The molecule has 0 radical (unpaired) electrons. The molecule has 2 rings (SSSR count). The highest BCUT2D eigenvalue weighted by molar-refractivity contribution is 7.99. The van der Waals surface area contributed by atoms with Crippen LogP contribution in [0.2, 0.25) is 0 Å². The summed E-state index contributed by atoms with van der Waals surface area (Å²) in [4.78, 5) is 15.4. The molecule has 0 aromatic heterocycles. The molecule has 4 nitrogen and oxygen atoms in total. The lowest BCUT2D eigenvalue weighted by Crippen LogP contribution is -2.44. The molecule has 0 spiro atoms. The van der Waals surface area contributed by atoms with Crippen molar-refractivity contribution in [2.45, 2.75) is 31.2 Å². The van der Waals surface area contributed by atoms with E-state index in [1.807, 2.05) is 32.0 Å². The number of nitrogens with two attached hydrogens (primary N) is 1. The number of carbonyl (C=O) groups is 1. The maximum Gasteiger partial charge on any atom is 0.328 e. The predicted molar refractivity (Wildman–Crippen MR) is 79.6 cm³/mol. The summed E-state index contributed by atoms with van der Waals surface area (Å²) in [6.45, 7) is 5.11. The van der Waals surface area contributed by atoms with Crippen LogP contribution in [0, 0.1) is 0 Å². The Bertz CT molecular complexity index is 465. The first kappa shape index (κ1) is 14.1. The van der Waals surface area contributed by atoms with Gasteiger partial charge in [-0.3, -0.25) is 0 Å². The Kier molecular flexibility index (Phi) is 4.58. The molecule has 1 aromatic carbocycles. The van der Waals surface area contributed by atoms with E-state index in [1.54, 1.807) is 11.8 Å². The summed E-state index contributed by atoms with van der Waals surface area (Å²) in [5, 5.41) is 0. The lowest BCUT2D eigenvalue weighted by molar-refractivity contribution is -0.144. The molecule has 104 valence electrons. The Morgan fingerprint density at radius 1 is 1.53 bits per heavy atom. The van der Waals surface area contributed by atoms with Crippen LogP contribution in [-0.2, 0) is 9.53 Å². The highest BCUT2D eigenvalue weighted by Crippen LogP contribution is 2.37. The van der Waals surface area contributed by atoms with Crippen molar-refractivity contribution in [1.29, 1.82) is 0 Å². The number of esters is 1. The van der Waals surface area contributed by atoms with Crippen LogP contribution in [-0.4, -0.2) is 30.9 Å². The van der Waals surface area contributed by atoms with Gasteiger partial charge in [-0.2, -0.15) is 0 Å². The van der Waals surface area contributed by atoms with E-state index in [0.717, 1.165) is 30.1 Å². The summed E-state index contributed by atoms with van der Waals surface area (Å²) in [7, 11) is 0. The number of rotatable bonds is 4. The van der Waals surface area contributed by atoms with E-state index in [9.17, 15) is 4.79 Å². The Labute approximate surface area is 118 Å². The van der Waals surface area contributed by atoms with Crippen molar-refractivity contribution in [2.24, 2.45) is 0 Å². The average Bonchev–Trinajstić information content (AvgIpc) is 2.40. The first-order valence-electron chi connectivity index (χ1n) is 6.63. The van der Waals surface area contributed by atoms with Crippen molar-refractivity contribution in [3.05, 3.63) is 18.2 Å². The number of carbonyl (C=O) groups excluding carboxylic acids is 1. The predicted octanol–water partition coefficient (Wildman–Crippen LogP) is 2.52. The van der Waals surface area contributed by atoms with Crippen LogP contribution in [0.25, 0.3) is 0 Å². The zero-order valence-electron chi connectivity index (χ0n) is 11.4. The second kappa shape index (κ2) is 6.19. The maximum atomic E-state index is 12.1. The summed E-state index contributed by atoms with van der Waals surface area (Å²) < 4.78 is 5.17. The molecule has 1 heterocycles. The van der Waals surface area contributed by atoms with Gasteiger partial charge < -0.3 is 15.4 Å². The molecule has 5 heteroatoms. The van der Waals surface area contributed by atoms with E-state index < -0.39 is 0 Å². The monoisotopic (exact) mass is 280 g/mol. The fourth-order valence-electron chi connectivity index (χ4n) is 2.33. The van der Waals surface area contributed by atoms with Crippen molar-refractivity contribution in [3.8, 4) is 0 Å². The van der Waals surface area contributed by atoms with Gasteiger partial charge in [-0.25, -0.2) is 4.79 Å². The molecule has 0 bridgehead atoms. The third kappa shape index (κ3) is 2.97. The minimum atomic E-state index is -0.221. The maximum absolute atomic E-state index is 12.1. The number of fused-ring (bicyclic) bond motifs is 1. The first-order valence-corrected chi connectivity index (χ1v) is 7.61. The van der Waals surface area contributed by atoms with Gasteiger partial charge in [0.05, 0.1) is 12.3 Å². The number of ether oxygens (including phenoxy) is 1. The Balaban J connectivity index is 2.30. The molecule has 0 saturated carbocycles. The fourth-order valence-corrected chi connectivity index (χ4v) is 3.33. The van der Waals surface area contributed by atoms with Gasteiger partial charge in [-0.05, 0) is 31.5 Å². The molecule has 0 fully saturated rings. The van der Waals surface area contributed by atoms with Gasteiger partial charge in [-0.1, -0.05) is 6.92 Å². The van der Waals surface area contributed by atoms with Crippen LogP contribution in [0.5, 0.6) is 0 Å². The lowest BCUT2D eigenvalue weighted by Gasteiger charge is -2.36. The van der Waals surface area contributed by atoms with E-state index in [4.69, 9.17) is 10.5 Å². The molecule has 1 atom stereocenters. The Hall–Kier alpha value is -1.36. The largest absolute Gasteiger partial charge is 0.464 e. The van der Waals surface area contributed by atoms with Crippen LogP contribution >= 0.6 is 11.8 Å². The minimum Gasteiger partial charge on any atom is -0.464 e. The number of hydrogen-bond acceptors (Lipinski definition) is 5. The molecule has 1 aliphatic heterocycles. The molecule has 0 saturated heterocycles. The fraction of sp³-hybridized carbons (Fsp3) is 0.500. The number of nitrogens with zero attached hydrogens (tertiary/aromatic N) is 1. The van der Waals surface area contributed by atoms with Gasteiger partial charge in [0, 0.05) is 22.9 Å². The second-order valence-corrected chi connectivity index (χ2v) is 5.58. The van der Waals surface area contributed by atoms with E-state index in [-0.39, 0.29) is 12.0 Å². The summed E-state index contributed by atoms with van der Waals surface area (Å²) in [5.74, 6) is 0.831. The molecular formula is C14H20N2O2S. The van der Waals surface area contributed by atoms with Gasteiger partial charge in [-0.15, -0.1) is 11.8 Å². The van der Waals surface area contributed by atoms with Gasteiger partial charge in [0.25, 0.3) is 0 Å². The molecule has 1 aromatic rings. The smallest absolute Gasteiger partial charge is 0.328 e. The van der Waals surface area contributed by atoms with Crippen LogP contribution in [0.3, 0.4) is 0 Å². The molecule has 2 N–H and O–H groups in total. The summed E-state index contributed by atoms with van der Waals surface area (Å²) in [5.41, 5.74) is 7.65. The number of nitrogen functional groups attached to an aromatic ring is 1. The van der Waals surface area contributed by atoms with Crippen molar-refractivity contribution in [3.63, 3.8) is 0 Å². The van der Waals surface area contributed by atoms with Gasteiger partial charge in [0.2, 0.25) is 0 Å². The summed E-state index contributed by atoms with van der Waals surface area (Å²) in [6, 6.07) is 5.66. The SMILES string of the molecule is CCOC(=O)C(CC)N1CCSc2ccc(N)cc21. The molecular weight excluding hydrogens is 260 g/mol. The van der Waals surface area contributed by atoms with Crippen molar-refractivity contribution >= 4 is 29.1 Å². The average molecular weight is 280 g/mol. The van der Waals surface area contributed by atoms with Crippen LogP contribution in [0.15, 0.2) is 23.1 Å². The van der Waals surface area contributed by atoms with Gasteiger partial charge >= 0.3 is 5.97 Å². The third-order valence-electron chi connectivity index (χ3n) is 3.20. The van der Waals surface area contributed by atoms with E-state index >= 15 is 0 Å². The van der Waals surface area contributed by atoms with E-state index in [2.05, 4.69) is 4.90 Å². The van der Waals surface area contributed by atoms with Crippen molar-refractivity contribution < 1.29 is 9.53 Å². The standard InChI is InChI=1S/C14H20N2O2S/c1-3-11(14(17)18-4-2)16-7-8-19-13-6-5-10(15)9-12(13)16/h5-6,9,11H,3-4,7-8,15H2,1-2H3. The first-order chi connectivity index (χ1) is 9.17. The lowest BCUT2D eigenvalue weighted by atomic mass is 10.1. The highest BCUT2D eigenvalue weighted by atomic mass is 32.2.